The molecule has 130 valence electrons. The van der Waals surface area contributed by atoms with Crippen molar-refractivity contribution in [1.82, 2.24) is 9.88 Å². The first kappa shape index (κ1) is 16.6. The summed E-state index contributed by atoms with van der Waals surface area (Å²) < 4.78 is 16.3. The molecule has 0 spiro atoms. The number of halogens is 2. The number of nitrogens with zero attached hydrogens (tertiary/aromatic N) is 1. The minimum absolute atomic E-state index is 0.254. The molecule has 0 radical (unpaired) electrons. The zero-order valence-corrected chi connectivity index (χ0v) is 14.9. The molecule has 25 heavy (non-hydrogen) atoms. The summed E-state index contributed by atoms with van der Waals surface area (Å²) in [5.74, 6) is -0.254. The van der Waals surface area contributed by atoms with Gasteiger partial charge in [0.2, 0.25) is 0 Å². The molecule has 0 bridgehead atoms. The number of hydrogen-bond acceptors (Lipinski definition) is 1. The summed E-state index contributed by atoms with van der Waals surface area (Å²) in [4.78, 5) is 0. The standard InChI is InChI=1S/C21H22ClFN2/c22-19-9-5-10-20(23)18(19)14-25-13-15(12-24-16-6-1-2-7-16)17-8-3-4-11-21(17)25/h3-5,8-11,13,16,24H,1-2,6-7,12,14H2. The molecule has 0 atom stereocenters. The Balaban J connectivity index is 1.64. The Hall–Kier alpha value is -1.84. The Morgan fingerprint density at radius 3 is 2.68 bits per heavy atom. The van der Waals surface area contributed by atoms with Gasteiger partial charge in [0.05, 0.1) is 6.54 Å². The van der Waals surface area contributed by atoms with E-state index in [0.29, 0.717) is 23.2 Å². The Bertz CT molecular complexity index is 860. The Morgan fingerprint density at radius 2 is 1.88 bits per heavy atom. The lowest BCUT2D eigenvalue weighted by Gasteiger charge is -2.11. The van der Waals surface area contributed by atoms with Crippen LogP contribution in [0.1, 0.15) is 36.8 Å². The van der Waals surface area contributed by atoms with Crippen LogP contribution in [-0.2, 0) is 13.1 Å². The number of nitrogens with one attached hydrogen (secondary N) is 1. The van der Waals surface area contributed by atoms with Gasteiger partial charge < -0.3 is 9.88 Å². The summed E-state index contributed by atoms with van der Waals surface area (Å²) in [6, 6.07) is 13.8. The molecule has 1 aromatic heterocycles. The molecule has 1 fully saturated rings. The highest BCUT2D eigenvalue weighted by molar-refractivity contribution is 6.31. The molecular formula is C21H22ClFN2. The summed E-state index contributed by atoms with van der Waals surface area (Å²) in [5, 5.41) is 5.37. The first-order valence-electron chi connectivity index (χ1n) is 8.95. The van der Waals surface area contributed by atoms with E-state index in [0.717, 1.165) is 12.1 Å². The van der Waals surface area contributed by atoms with Crippen LogP contribution in [0.15, 0.2) is 48.7 Å². The highest BCUT2D eigenvalue weighted by Crippen LogP contribution is 2.26. The predicted octanol–water partition coefficient (Wildman–Crippen LogP) is 5.51. The fourth-order valence-corrected chi connectivity index (χ4v) is 4.06. The Kier molecular flexibility index (Phi) is 4.78. The maximum Gasteiger partial charge on any atom is 0.129 e. The van der Waals surface area contributed by atoms with Gasteiger partial charge >= 0.3 is 0 Å². The zero-order valence-electron chi connectivity index (χ0n) is 14.1. The molecule has 2 aromatic carbocycles. The molecule has 1 heterocycles. The van der Waals surface area contributed by atoms with Crippen LogP contribution in [-0.4, -0.2) is 10.6 Å². The molecule has 0 unspecified atom stereocenters. The molecule has 2 nitrogen and oxygen atoms in total. The van der Waals surface area contributed by atoms with Crippen molar-refractivity contribution < 1.29 is 4.39 Å². The minimum atomic E-state index is -0.254. The van der Waals surface area contributed by atoms with Gasteiger partial charge in [0.15, 0.2) is 0 Å². The van der Waals surface area contributed by atoms with Crippen LogP contribution in [0, 0.1) is 5.82 Å². The van der Waals surface area contributed by atoms with E-state index in [-0.39, 0.29) is 5.82 Å². The predicted molar refractivity (Wildman–Crippen MR) is 102 cm³/mol. The molecule has 0 aliphatic heterocycles. The van der Waals surface area contributed by atoms with Crippen molar-refractivity contribution in [3.63, 3.8) is 0 Å². The van der Waals surface area contributed by atoms with Gasteiger partial charge in [-0.15, -0.1) is 0 Å². The van der Waals surface area contributed by atoms with Crippen LogP contribution in [0.25, 0.3) is 10.9 Å². The second-order valence-electron chi connectivity index (χ2n) is 6.86. The molecule has 3 aromatic rings. The van der Waals surface area contributed by atoms with E-state index >= 15 is 0 Å². The van der Waals surface area contributed by atoms with Crippen LogP contribution in [0.4, 0.5) is 4.39 Å². The molecule has 1 saturated carbocycles. The van der Waals surface area contributed by atoms with Crippen LogP contribution in [0.3, 0.4) is 0 Å². The maximum atomic E-state index is 14.2. The Morgan fingerprint density at radius 1 is 1.08 bits per heavy atom. The van der Waals surface area contributed by atoms with Crippen molar-refractivity contribution in [1.29, 1.82) is 0 Å². The van der Waals surface area contributed by atoms with E-state index in [1.54, 1.807) is 12.1 Å². The summed E-state index contributed by atoms with van der Waals surface area (Å²) in [5.41, 5.74) is 2.92. The lowest BCUT2D eigenvalue weighted by atomic mass is 10.1. The van der Waals surface area contributed by atoms with E-state index in [9.17, 15) is 4.39 Å². The van der Waals surface area contributed by atoms with Crippen molar-refractivity contribution in [3.05, 3.63) is 70.6 Å². The molecule has 1 aliphatic rings. The summed E-state index contributed by atoms with van der Waals surface area (Å²) >= 11 is 6.22. The summed E-state index contributed by atoms with van der Waals surface area (Å²) in [7, 11) is 0. The third-order valence-corrected chi connectivity index (χ3v) is 5.55. The second-order valence-corrected chi connectivity index (χ2v) is 7.27. The topological polar surface area (TPSA) is 17.0 Å². The minimum Gasteiger partial charge on any atom is -0.343 e. The summed E-state index contributed by atoms with van der Waals surface area (Å²) in [6.07, 6.45) is 7.32. The van der Waals surface area contributed by atoms with Crippen molar-refractivity contribution in [2.24, 2.45) is 0 Å². The molecule has 0 amide bonds. The van der Waals surface area contributed by atoms with Crippen molar-refractivity contribution >= 4 is 22.5 Å². The second kappa shape index (κ2) is 7.19. The van der Waals surface area contributed by atoms with E-state index in [1.807, 2.05) is 6.07 Å². The van der Waals surface area contributed by atoms with Gasteiger partial charge in [0.1, 0.15) is 5.82 Å². The van der Waals surface area contributed by atoms with E-state index in [1.165, 1.54) is 42.7 Å². The number of para-hydroxylation sites is 1. The van der Waals surface area contributed by atoms with Crippen molar-refractivity contribution in [2.45, 2.75) is 44.8 Å². The number of fused-ring (bicyclic) bond motifs is 1. The van der Waals surface area contributed by atoms with Gasteiger partial charge in [-0.3, -0.25) is 0 Å². The fraction of sp³-hybridized carbons (Fsp3) is 0.333. The number of benzene rings is 2. The van der Waals surface area contributed by atoms with Gasteiger partial charge in [-0.2, -0.15) is 0 Å². The van der Waals surface area contributed by atoms with Gasteiger partial charge in [-0.1, -0.05) is 48.7 Å². The fourth-order valence-electron chi connectivity index (χ4n) is 3.83. The average Bonchev–Trinajstić information content (AvgIpc) is 3.25. The quantitative estimate of drug-likeness (QED) is 0.637. The average molecular weight is 357 g/mol. The lowest BCUT2D eigenvalue weighted by Crippen LogP contribution is -2.25. The first-order chi connectivity index (χ1) is 12.2. The van der Waals surface area contributed by atoms with E-state index in [2.05, 4.69) is 34.3 Å². The van der Waals surface area contributed by atoms with Gasteiger partial charge in [0, 0.05) is 40.3 Å². The van der Waals surface area contributed by atoms with Gasteiger partial charge in [-0.05, 0) is 36.6 Å². The monoisotopic (exact) mass is 356 g/mol. The molecular weight excluding hydrogens is 335 g/mol. The van der Waals surface area contributed by atoms with Crippen LogP contribution in [0.5, 0.6) is 0 Å². The van der Waals surface area contributed by atoms with E-state index in [4.69, 9.17) is 11.6 Å². The molecule has 1 N–H and O–H groups in total. The van der Waals surface area contributed by atoms with Gasteiger partial charge in [0.25, 0.3) is 0 Å². The van der Waals surface area contributed by atoms with Gasteiger partial charge in [-0.25, -0.2) is 4.39 Å². The zero-order chi connectivity index (χ0) is 17.2. The molecule has 0 saturated heterocycles. The Labute approximate surface area is 152 Å². The van der Waals surface area contributed by atoms with Crippen molar-refractivity contribution in [2.75, 3.05) is 0 Å². The molecule has 4 rings (SSSR count). The number of rotatable bonds is 5. The third kappa shape index (κ3) is 3.44. The van der Waals surface area contributed by atoms with E-state index < -0.39 is 0 Å². The SMILES string of the molecule is Fc1cccc(Cl)c1Cn1cc(CNC2CCCC2)c2ccccc21. The van der Waals surface area contributed by atoms with Crippen molar-refractivity contribution in [3.8, 4) is 0 Å². The third-order valence-electron chi connectivity index (χ3n) is 5.20. The van der Waals surface area contributed by atoms with Crippen LogP contribution < -0.4 is 5.32 Å². The number of hydrogen-bond donors (Lipinski definition) is 1. The first-order valence-corrected chi connectivity index (χ1v) is 9.33. The molecule has 1 aliphatic carbocycles. The lowest BCUT2D eigenvalue weighted by molar-refractivity contribution is 0.525. The highest BCUT2D eigenvalue weighted by atomic mass is 35.5. The summed E-state index contributed by atoms with van der Waals surface area (Å²) in [6.45, 7) is 1.29. The normalized spacial score (nSPS) is 15.3. The largest absolute Gasteiger partial charge is 0.343 e. The maximum absolute atomic E-state index is 14.2. The highest BCUT2D eigenvalue weighted by Gasteiger charge is 2.16. The number of aromatic nitrogens is 1. The van der Waals surface area contributed by atoms with Crippen LogP contribution >= 0.6 is 11.6 Å². The van der Waals surface area contributed by atoms with Crippen LogP contribution in [0.2, 0.25) is 5.02 Å². The molecule has 4 heteroatoms. The smallest absolute Gasteiger partial charge is 0.129 e.